The summed E-state index contributed by atoms with van der Waals surface area (Å²) in [6.45, 7) is 5.91. The molecule has 0 heterocycles. The molecule has 0 radical (unpaired) electrons. The maximum absolute atomic E-state index is 12.0. The van der Waals surface area contributed by atoms with E-state index in [0.717, 1.165) is 12.0 Å². The van der Waals surface area contributed by atoms with Crippen molar-refractivity contribution in [1.82, 2.24) is 5.01 Å². The van der Waals surface area contributed by atoms with Crippen molar-refractivity contribution in [2.24, 2.45) is 5.28 Å². The minimum atomic E-state index is -0.340. The number of rotatable bonds is 8. The van der Waals surface area contributed by atoms with Crippen LogP contribution in [0.3, 0.4) is 0 Å². The van der Waals surface area contributed by atoms with E-state index in [4.69, 9.17) is 9.94 Å². The van der Waals surface area contributed by atoms with E-state index in [9.17, 15) is 5.21 Å². The zero-order valence-electron chi connectivity index (χ0n) is 13.9. The first-order valence-corrected chi connectivity index (χ1v) is 7.60. The van der Waals surface area contributed by atoms with E-state index in [1.165, 1.54) is 5.01 Å². The average molecular weight is 309 g/mol. The predicted octanol–water partition coefficient (Wildman–Crippen LogP) is 3.43. The third kappa shape index (κ3) is 5.89. The van der Waals surface area contributed by atoms with Crippen molar-refractivity contribution in [2.75, 3.05) is 13.7 Å². The zero-order valence-corrected chi connectivity index (χ0v) is 13.9. The number of hydrazine groups is 1. The van der Waals surface area contributed by atoms with E-state index in [2.05, 4.69) is 5.28 Å². The van der Waals surface area contributed by atoms with Crippen LogP contribution >= 0.6 is 0 Å². The Morgan fingerprint density at radius 1 is 1.27 bits per heavy atom. The lowest BCUT2D eigenvalue weighted by atomic mass is 10.0. The predicted molar refractivity (Wildman–Crippen MR) is 84.8 cm³/mol. The molecule has 0 aliphatic carbocycles. The monoisotopic (exact) mass is 309 g/mol. The van der Waals surface area contributed by atoms with Crippen molar-refractivity contribution in [1.29, 1.82) is 0 Å². The minimum absolute atomic E-state index is 0.152. The highest BCUT2D eigenvalue weighted by atomic mass is 16.7. The quantitative estimate of drug-likeness (QED) is 0.346. The van der Waals surface area contributed by atoms with Crippen molar-refractivity contribution >= 4 is 0 Å². The van der Waals surface area contributed by atoms with Crippen molar-refractivity contribution in [2.45, 2.75) is 51.7 Å². The molecular formula is C16H27N3O3. The van der Waals surface area contributed by atoms with Crippen molar-refractivity contribution < 1.29 is 14.9 Å². The summed E-state index contributed by atoms with van der Waals surface area (Å²) < 4.78 is 0. The Bertz CT molecular complexity index is 457. The van der Waals surface area contributed by atoms with Gasteiger partial charge in [-0.05, 0) is 45.6 Å². The summed E-state index contributed by atoms with van der Waals surface area (Å²) in [5.74, 6) is 0. The van der Waals surface area contributed by atoms with Crippen LogP contribution in [0.1, 0.15) is 51.7 Å². The van der Waals surface area contributed by atoms with Gasteiger partial charge in [-0.3, -0.25) is 0 Å². The largest absolute Gasteiger partial charge is 0.569 e. The maximum Gasteiger partial charge on any atom is 0.233 e. The number of hydrogen-bond acceptors (Lipinski definition) is 4. The van der Waals surface area contributed by atoms with Gasteiger partial charge in [-0.25, -0.2) is 0 Å². The van der Waals surface area contributed by atoms with Crippen molar-refractivity contribution in [3.8, 4) is 0 Å². The van der Waals surface area contributed by atoms with Crippen LogP contribution < -0.4 is 0 Å². The molecule has 1 unspecified atom stereocenters. The molecule has 6 nitrogen and oxygen atoms in total. The van der Waals surface area contributed by atoms with Crippen LogP contribution in [0.4, 0.5) is 0 Å². The van der Waals surface area contributed by atoms with Crippen molar-refractivity contribution in [3.05, 3.63) is 41.1 Å². The molecule has 0 aromatic heterocycles. The second-order valence-electron chi connectivity index (χ2n) is 6.25. The molecule has 0 saturated carbocycles. The molecule has 0 fully saturated rings. The number of aliphatic hydroxyl groups is 1. The maximum atomic E-state index is 12.0. The van der Waals surface area contributed by atoms with Crippen LogP contribution in [0, 0.1) is 5.21 Å². The van der Waals surface area contributed by atoms with Gasteiger partial charge in [0.1, 0.15) is 0 Å². The SMILES string of the molecule is CN(/[N+]([O-])=N/OC(CCCCO)c1ccccc1)C(C)(C)C. The van der Waals surface area contributed by atoms with Crippen LogP contribution in [0.2, 0.25) is 0 Å². The fourth-order valence-corrected chi connectivity index (χ4v) is 1.80. The second kappa shape index (κ2) is 8.58. The summed E-state index contributed by atoms with van der Waals surface area (Å²) in [5.41, 5.74) is 0.629. The molecule has 1 aromatic carbocycles. The molecule has 0 spiro atoms. The van der Waals surface area contributed by atoms with Gasteiger partial charge in [0.2, 0.25) is 5.28 Å². The smallest absolute Gasteiger partial charge is 0.233 e. The highest BCUT2D eigenvalue weighted by Crippen LogP contribution is 2.24. The normalized spacial score (nSPS) is 13.8. The van der Waals surface area contributed by atoms with E-state index in [1.54, 1.807) is 7.05 Å². The molecule has 1 atom stereocenters. The van der Waals surface area contributed by atoms with E-state index < -0.39 is 0 Å². The third-order valence-electron chi connectivity index (χ3n) is 3.52. The second-order valence-corrected chi connectivity index (χ2v) is 6.25. The first-order chi connectivity index (χ1) is 10.4. The van der Waals surface area contributed by atoms with Gasteiger partial charge in [0.05, 0.1) is 17.6 Å². The van der Waals surface area contributed by atoms with Gasteiger partial charge in [0, 0.05) is 6.61 Å². The fourth-order valence-electron chi connectivity index (χ4n) is 1.80. The average Bonchev–Trinajstić information content (AvgIpc) is 2.49. The lowest BCUT2D eigenvalue weighted by Crippen LogP contribution is -2.42. The fraction of sp³-hybridized carbons (Fsp3) is 0.625. The molecular weight excluding hydrogens is 282 g/mol. The van der Waals surface area contributed by atoms with Gasteiger partial charge in [-0.15, -0.1) is 5.01 Å². The number of hydrogen-bond donors (Lipinski definition) is 1. The van der Waals surface area contributed by atoms with Crippen LogP contribution in [-0.4, -0.2) is 34.3 Å². The Morgan fingerprint density at radius 3 is 2.45 bits per heavy atom. The molecule has 1 N–H and O–H groups in total. The number of benzene rings is 1. The molecule has 0 bridgehead atoms. The van der Waals surface area contributed by atoms with E-state index in [-0.39, 0.29) is 18.2 Å². The lowest BCUT2D eigenvalue weighted by Gasteiger charge is -2.26. The summed E-state index contributed by atoms with van der Waals surface area (Å²) in [6.07, 6.45) is 1.91. The van der Waals surface area contributed by atoms with E-state index in [1.807, 2.05) is 51.1 Å². The van der Waals surface area contributed by atoms with Crippen LogP contribution in [0.5, 0.6) is 0 Å². The Hall–Kier alpha value is -1.82. The lowest BCUT2D eigenvalue weighted by molar-refractivity contribution is -0.720. The van der Waals surface area contributed by atoms with E-state index in [0.29, 0.717) is 17.8 Å². The first-order valence-electron chi connectivity index (χ1n) is 7.60. The summed E-state index contributed by atoms with van der Waals surface area (Å²) in [5, 5.41) is 26.0. The van der Waals surface area contributed by atoms with Crippen molar-refractivity contribution in [3.63, 3.8) is 0 Å². The number of nitrogens with zero attached hydrogens (tertiary/aromatic N) is 3. The minimum Gasteiger partial charge on any atom is -0.569 e. The molecule has 0 amide bonds. The Morgan fingerprint density at radius 2 is 1.91 bits per heavy atom. The first kappa shape index (κ1) is 18.2. The molecule has 1 aromatic rings. The van der Waals surface area contributed by atoms with Crippen LogP contribution in [0.25, 0.3) is 0 Å². The molecule has 0 aliphatic heterocycles. The van der Waals surface area contributed by atoms with Gasteiger partial charge < -0.3 is 15.2 Å². The highest BCUT2D eigenvalue weighted by molar-refractivity contribution is 5.17. The Balaban J connectivity index is 2.76. The molecule has 0 aliphatic rings. The van der Waals surface area contributed by atoms with Gasteiger partial charge in [0.15, 0.2) is 6.10 Å². The molecule has 1 rings (SSSR count). The topological polar surface area (TPSA) is 71.1 Å². The zero-order chi connectivity index (χ0) is 16.6. The van der Waals surface area contributed by atoms with Gasteiger partial charge in [0.25, 0.3) is 0 Å². The number of aliphatic hydroxyl groups excluding tert-OH is 1. The van der Waals surface area contributed by atoms with Gasteiger partial charge in [-0.2, -0.15) is 0 Å². The third-order valence-corrected chi connectivity index (χ3v) is 3.52. The summed E-state index contributed by atoms with van der Waals surface area (Å²) in [6, 6.07) is 9.67. The summed E-state index contributed by atoms with van der Waals surface area (Å²) in [7, 11) is 1.67. The standard InChI is InChI=1S/C16H27N3O3/c1-16(2,3)18(4)19(21)17-22-15(12-8-9-13-20)14-10-6-5-7-11-14/h5-7,10-11,15,20H,8-9,12-13H2,1-4H3/b19-17-. The van der Waals surface area contributed by atoms with E-state index >= 15 is 0 Å². The van der Waals surface area contributed by atoms with Crippen LogP contribution in [-0.2, 0) is 4.84 Å². The molecule has 22 heavy (non-hydrogen) atoms. The summed E-state index contributed by atoms with van der Waals surface area (Å²) >= 11 is 0. The molecule has 0 saturated heterocycles. The van der Waals surface area contributed by atoms with Gasteiger partial charge >= 0.3 is 0 Å². The van der Waals surface area contributed by atoms with Crippen LogP contribution in [0.15, 0.2) is 35.6 Å². The van der Waals surface area contributed by atoms with Gasteiger partial charge in [-0.1, -0.05) is 30.3 Å². The number of unbranched alkanes of at least 4 members (excludes halogenated alkanes) is 1. The molecule has 6 heteroatoms. The Labute approximate surface area is 132 Å². The highest BCUT2D eigenvalue weighted by Gasteiger charge is 2.24. The molecule has 124 valence electrons. The summed E-state index contributed by atoms with van der Waals surface area (Å²) in [4.78, 5) is 5.94. The Kier molecular flexibility index (Phi) is 7.11.